The lowest BCUT2D eigenvalue weighted by atomic mass is 10.1. The molecule has 0 bridgehead atoms. The van der Waals surface area contributed by atoms with Crippen molar-refractivity contribution in [1.29, 1.82) is 5.26 Å². The fourth-order valence-electron chi connectivity index (χ4n) is 2.75. The van der Waals surface area contributed by atoms with Gasteiger partial charge >= 0.3 is 5.97 Å². The summed E-state index contributed by atoms with van der Waals surface area (Å²) in [6.07, 6.45) is 1.90. The minimum atomic E-state index is -1.16. The molecule has 5 N–H and O–H groups in total. The van der Waals surface area contributed by atoms with E-state index in [1.165, 1.54) is 6.07 Å². The van der Waals surface area contributed by atoms with Crippen LogP contribution in [0.15, 0.2) is 59.6 Å². The van der Waals surface area contributed by atoms with Gasteiger partial charge in [-0.05, 0) is 30.7 Å². The summed E-state index contributed by atoms with van der Waals surface area (Å²) >= 11 is 0. The van der Waals surface area contributed by atoms with E-state index in [1.54, 1.807) is 48.7 Å². The van der Waals surface area contributed by atoms with Crippen LogP contribution >= 0.6 is 0 Å². The van der Waals surface area contributed by atoms with Crippen LogP contribution in [0.4, 0.5) is 5.69 Å². The second kappa shape index (κ2) is 12.3. The first-order valence-electron chi connectivity index (χ1n) is 9.83. The molecule has 0 aliphatic carbocycles. The number of nitrogens with one attached hydrogen (secondary N) is 4. The van der Waals surface area contributed by atoms with Crippen LogP contribution in [0.1, 0.15) is 22.8 Å². The Morgan fingerprint density at radius 3 is 2.53 bits per heavy atom. The molecule has 0 saturated heterocycles. The number of hydrogen-bond acceptors (Lipinski definition) is 5. The molecule has 0 aliphatic heterocycles. The number of benzene rings is 2. The molecule has 2 rings (SSSR count). The van der Waals surface area contributed by atoms with E-state index in [0.29, 0.717) is 12.2 Å². The van der Waals surface area contributed by atoms with Gasteiger partial charge < -0.3 is 21.1 Å². The second-order valence-corrected chi connectivity index (χ2v) is 6.60. The molecule has 0 spiro atoms. The second-order valence-electron chi connectivity index (χ2n) is 6.60. The van der Waals surface area contributed by atoms with E-state index < -0.39 is 23.8 Å². The Morgan fingerprint density at radius 2 is 1.88 bits per heavy atom. The maximum Gasteiger partial charge on any atom is 0.326 e. The highest BCUT2D eigenvalue weighted by Gasteiger charge is 2.20. The fraction of sp³-hybridized carbons (Fsp3) is 0.227. The molecule has 32 heavy (non-hydrogen) atoms. The SMILES string of the molecule is CCN=C(NC#N)Nc1cccc(C(=O)NCC(=O)NC(Cc2ccccc2)C(=O)O)c1. The number of aliphatic carboxylic acids is 1. The van der Waals surface area contributed by atoms with Gasteiger partial charge in [0, 0.05) is 24.2 Å². The third kappa shape index (κ3) is 7.79. The average Bonchev–Trinajstić information content (AvgIpc) is 2.78. The van der Waals surface area contributed by atoms with Gasteiger partial charge in [0.15, 0.2) is 6.19 Å². The largest absolute Gasteiger partial charge is 0.480 e. The highest BCUT2D eigenvalue weighted by molar-refractivity contribution is 5.99. The van der Waals surface area contributed by atoms with Crippen LogP contribution in [0.2, 0.25) is 0 Å². The summed E-state index contributed by atoms with van der Waals surface area (Å²) in [6, 6.07) is 14.2. The van der Waals surface area contributed by atoms with E-state index in [0.717, 1.165) is 5.56 Å². The van der Waals surface area contributed by atoms with Gasteiger partial charge in [-0.25, -0.2) is 4.79 Å². The zero-order chi connectivity index (χ0) is 23.3. The van der Waals surface area contributed by atoms with Gasteiger partial charge in [0.2, 0.25) is 11.9 Å². The number of carboxylic acid groups (broad SMARTS) is 1. The molecule has 1 unspecified atom stereocenters. The number of carbonyl (C=O) groups is 3. The summed E-state index contributed by atoms with van der Waals surface area (Å²) in [5.74, 6) is -2.06. The number of nitrogens with zero attached hydrogens (tertiary/aromatic N) is 2. The monoisotopic (exact) mass is 436 g/mol. The van der Waals surface area contributed by atoms with E-state index in [-0.39, 0.29) is 24.5 Å². The fourth-order valence-corrected chi connectivity index (χ4v) is 2.75. The zero-order valence-corrected chi connectivity index (χ0v) is 17.5. The number of rotatable bonds is 9. The molecular weight excluding hydrogens is 412 g/mol. The number of guanidine groups is 1. The van der Waals surface area contributed by atoms with Gasteiger partial charge in [0.1, 0.15) is 6.04 Å². The lowest BCUT2D eigenvalue weighted by Crippen LogP contribution is -2.46. The normalized spacial score (nSPS) is 11.6. The minimum absolute atomic E-state index is 0.127. The molecule has 0 saturated carbocycles. The molecule has 0 fully saturated rings. The maximum atomic E-state index is 12.4. The number of amides is 2. The van der Waals surface area contributed by atoms with Crippen molar-refractivity contribution < 1.29 is 19.5 Å². The first-order chi connectivity index (χ1) is 15.4. The number of carboxylic acids is 1. The number of anilines is 1. The Labute approximate surface area is 185 Å². The zero-order valence-electron chi connectivity index (χ0n) is 17.5. The van der Waals surface area contributed by atoms with Crippen LogP contribution < -0.4 is 21.3 Å². The highest BCUT2D eigenvalue weighted by Crippen LogP contribution is 2.10. The molecule has 0 heterocycles. The highest BCUT2D eigenvalue weighted by atomic mass is 16.4. The number of carbonyl (C=O) groups excluding carboxylic acids is 2. The molecule has 10 nitrogen and oxygen atoms in total. The van der Waals surface area contributed by atoms with Crippen LogP contribution in [0.25, 0.3) is 0 Å². The third-order valence-electron chi connectivity index (χ3n) is 4.20. The van der Waals surface area contributed by atoms with Crippen molar-refractivity contribution in [3.8, 4) is 6.19 Å². The van der Waals surface area contributed by atoms with Gasteiger partial charge in [0.05, 0.1) is 6.54 Å². The van der Waals surface area contributed by atoms with Crippen LogP contribution in [0.5, 0.6) is 0 Å². The third-order valence-corrected chi connectivity index (χ3v) is 4.20. The van der Waals surface area contributed by atoms with Crippen molar-refractivity contribution in [2.75, 3.05) is 18.4 Å². The Hall–Kier alpha value is -4.39. The molecule has 0 aliphatic rings. The molecule has 2 amide bonds. The molecule has 1 atom stereocenters. The summed E-state index contributed by atoms with van der Waals surface area (Å²) in [5, 5.41) is 28.3. The molecule has 10 heteroatoms. The summed E-state index contributed by atoms with van der Waals surface area (Å²) in [7, 11) is 0. The quantitative estimate of drug-likeness (QED) is 0.170. The molecule has 0 radical (unpaired) electrons. The van der Waals surface area contributed by atoms with Crippen molar-refractivity contribution in [2.24, 2.45) is 4.99 Å². The average molecular weight is 436 g/mol. The van der Waals surface area contributed by atoms with E-state index in [4.69, 9.17) is 5.26 Å². The Bertz CT molecular complexity index is 1020. The Balaban J connectivity index is 1.93. The van der Waals surface area contributed by atoms with Gasteiger partial charge in [-0.3, -0.25) is 19.9 Å². The molecular formula is C22H24N6O4. The van der Waals surface area contributed by atoms with E-state index in [9.17, 15) is 19.5 Å². The summed E-state index contributed by atoms with van der Waals surface area (Å²) in [4.78, 5) is 40.2. The van der Waals surface area contributed by atoms with Crippen LogP contribution in [-0.2, 0) is 16.0 Å². The smallest absolute Gasteiger partial charge is 0.326 e. The lowest BCUT2D eigenvalue weighted by Gasteiger charge is -2.15. The maximum absolute atomic E-state index is 12.4. The predicted octanol–water partition coefficient (Wildman–Crippen LogP) is 1.09. The first-order valence-corrected chi connectivity index (χ1v) is 9.83. The molecule has 2 aromatic carbocycles. The molecule has 2 aromatic rings. The number of nitriles is 1. The first kappa shape index (κ1) is 23.9. The van der Waals surface area contributed by atoms with Crippen molar-refractivity contribution in [3.63, 3.8) is 0 Å². The van der Waals surface area contributed by atoms with Gasteiger partial charge in [-0.2, -0.15) is 5.26 Å². The van der Waals surface area contributed by atoms with Gasteiger partial charge in [-0.15, -0.1) is 0 Å². The van der Waals surface area contributed by atoms with Crippen molar-refractivity contribution in [2.45, 2.75) is 19.4 Å². The predicted molar refractivity (Wildman–Crippen MR) is 119 cm³/mol. The summed E-state index contributed by atoms with van der Waals surface area (Å²) < 4.78 is 0. The lowest BCUT2D eigenvalue weighted by molar-refractivity contribution is -0.141. The molecule has 0 aromatic heterocycles. The van der Waals surface area contributed by atoms with Crippen LogP contribution in [-0.4, -0.2) is 48.0 Å². The van der Waals surface area contributed by atoms with Gasteiger partial charge in [-0.1, -0.05) is 36.4 Å². The standard InChI is InChI=1S/C22H24N6O4/c1-2-24-22(26-14-23)27-17-10-6-9-16(12-17)20(30)25-13-19(29)28-18(21(31)32)11-15-7-4-3-5-8-15/h3-10,12,18H,2,11,13H2,1H3,(H,25,30)(H,28,29)(H,31,32)(H2,24,26,27). The van der Waals surface area contributed by atoms with Crippen LogP contribution in [0, 0.1) is 11.5 Å². The van der Waals surface area contributed by atoms with E-state index in [2.05, 4.69) is 26.3 Å². The van der Waals surface area contributed by atoms with Gasteiger partial charge in [0.25, 0.3) is 5.91 Å². The van der Waals surface area contributed by atoms with Crippen molar-refractivity contribution in [1.82, 2.24) is 16.0 Å². The minimum Gasteiger partial charge on any atom is -0.480 e. The number of hydrogen-bond donors (Lipinski definition) is 5. The van der Waals surface area contributed by atoms with Crippen LogP contribution in [0.3, 0.4) is 0 Å². The summed E-state index contributed by atoms with van der Waals surface area (Å²) in [5.41, 5.74) is 1.56. The molecule has 166 valence electrons. The Morgan fingerprint density at radius 1 is 1.12 bits per heavy atom. The van der Waals surface area contributed by atoms with Crippen molar-refractivity contribution in [3.05, 3.63) is 65.7 Å². The van der Waals surface area contributed by atoms with E-state index >= 15 is 0 Å². The topological polar surface area (TPSA) is 156 Å². The van der Waals surface area contributed by atoms with Crippen molar-refractivity contribution >= 4 is 29.4 Å². The Kier molecular flexibility index (Phi) is 9.21. The van der Waals surface area contributed by atoms with E-state index in [1.807, 2.05) is 13.0 Å². The number of aliphatic imine (C=N–C) groups is 1. The summed E-state index contributed by atoms with van der Waals surface area (Å²) in [6.45, 7) is 1.88.